The van der Waals surface area contributed by atoms with Crippen molar-refractivity contribution in [3.05, 3.63) is 23.9 Å². The van der Waals surface area contributed by atoms with Gasteiger partial charge in [-0.2, -0.15) is 10.4 Å². The number of rotatable bonds is 3. The maximum atomic E-state index is 8.96. The van der Waals surface area contributed by atoms with Crippen molar-refractivity contribution in [2.24, 2.45) is 0 Å². The van der Waals surface area contributed by atoms with Gasteiger partial charge in [0, 0.05) is 6.54 Å². The van der Waals surface area contributed by atoms with E-state index in [-0.39, 0.29) is 0 Å². The Morgan fingerprint density at radius 3 is 2.88 bits per heavy atom. The molecule has 2 rings (SSSR count). The Bertz CT molecular complexity index is 551. The summed E-state index contributed by atoms with van der Waals surface area (Å²) in [6, 6.07) is 5.74. The van der Waals surface area contributed by atoms with Gasteiger partial charge in [-0.15, -0.1) is 0 Å². The monoisotopic (exact) mass is 215 g/mol. The third-order valence-corrected chi connectivity index (χ3v) is 2.45. The van der Waals surface area contributed by atoms with Crippen molar-refractivity contribution in [1.82, 2.24) is 9.78 Å². The largest absolute Gasteiger partial charge is 0.493 e. The lowest BCUT2D eigenvalue weighted by molar-refractivity contribution is 0.344. The van der Waals surface area contributed by atoms with Gasteiger partial charge in [0.1, 0.15) is 5.75 Å². The standard InChI is InChI=1S/C12H13N3O/c1-3-15-11-5-9(7-13)6-12(16-4-2)10(11)8-14-15/h5-6,8H,3-4H2,1-2H3. The highest BCUT2D eigenvalue weighted by Gasteiger charge is 2.09. The number of hydrogen-bond acceptors (Lipinski definition) is 3. The van der Waals surface area contributed by atoms with E-state index in [1.807, 2.05) is 24.6 Å². The molecule has 1 aromatic heterocycles. The third-order valence-electron chi connectivity index (χ3n) is 2.45. The molecule has 4 nitrogen and oxygen atoms in total. The van der Waals surface area contributed by atoms with Crippen LogP contribution in [0.5, 0.6) is 5.75 Å². The predicted molar refractivity (Wildman–Crippen MR) is 61.3 cm³/mol. The minimum atomic E-state index is 0.585. The smallest absolute Gasteiger partial charge is 0.131 e. The van der Waals surface area contributed by atoms with E-state index in [0.717, 1.165) is 23.2 Å². The van der Waals surface area contributed by atoms with E-state index >= 15 is 0 Å². The van der Waals surface area contributed by atoms with Crippen LogP contribution in [0.1, 0.15) is 19.4 Å². The molecule has 0 unspecified atom stereocenters. The van der Waals surface area contributed by atoms with Crippen molar-refractivity contribution in [2.75, 3.05) is 6.61 Å². The molecule has 0 aliphatic carbocycles. The predicted octanol–water partition coefficient (Wildman–Crippen LogP) is 2.33. The number of benzene rings is 1. The second kappa shape index (κ2) is 4.23. The van der Waals surface area contributed by atoms with Gasteiger partial charge < -0.3 is 4.74 Å². The number of ether oxygens (including phenoxy) is 1. The molecule has 16 heavy (non-hydrogen) atoms. The Kier molecular flexibility index (Phi) is 2.78. The van der Waals surface area contributed by atoms with E-state index in [0.29, 0.717) is 12.2 Å². The summed E-state index contributed by atoms with van der Waals surface area (Å²) in [4.78, 5) is 0. The van der Waals surface area contributed by atoms with Gasteiger partial charge in [-0.25, -0.2) is 0 Å². The lowest BCUT2D eigenvalue weighted by Crippen LogP contribution is -1.97. The minimum absolute atomic E-state index is 0.585. The summed E-state index contributed by atoms with van der Waals surface area (Å²) < 4.78 is 7.37. The van der Waals surface area contributed by atoms with Crippen molar-refractivity contribution in [1.29, 1.82) is 5.26 Å². The Balaban J connectivity index is 2.69. The Hall–Kier alpha value is -2.02. The van der Waals surface area contributed by atoms with E-state index in [9.17, 15) is 0 Å². The van der Waals surface area contributed by atoms with E-state index in [2.05, 4.69) is 11.2 Å². The van der Waals surface area contributed by atoms with Gasteiger partial charge in [-0.05, 0) is 26.0 Å². The fraction of sp³-hybridized carbons (Fsp3) is 0.333. The van der Waals surface area contributed by atoms with Crippen LogP contribution in [-0.2, 0) is 6.54 Å². The molecular formula is C12H13N3O. The average molecular weight is 215 g/mol. The molecule has 0 aliphatic rings. The fourth-order valence-corrected chi connectivity index (χ4v) is 1.74. The van der Waals surface area contributed by atoms with Gasteiger partial charge in [0.05, 0.1) is 35.3 Å². The zero-order valence-corrected chi connectivity index (χ0v) is 9.40. The molecule has 1 heterocycles. The molecule has 4 heteroatoms. The van der Waals surface area contributed by atoms with Crippen molar-refractivity contribution in [3.8, 4) is 11.8 Å². The molecule has 0 atom stereocenters. The van der Waals surface area contributed by atoms with Gasteiger partial charge in [-0.1, -0.05) is 0 Å². The molecule has 0 amide bonds. The molecule has 0 N–H and O–H groups in total. The molecule has 0 radical (unpaired) electrons. The SMILES string of the molecule is CCOc1cc(C#N)cc2c1cnn2CC. The molecule has 0 aliphatic heterocycles. The first-order valence-electron chi connectivity index (χ1n) is 5.32. The number of nitrogens with zero attached hydrogens (tertiary/aromatic N) is 3. The number of fused-ring (bicyclic) bond motifs is 1. The highest BCUT2D eigenvalue weighted by atomic mass is 16.5. The van der Waals surface area contributed by atoms with Crippen molar-refractivity contribution < 1.29 is 4.74 Å². The molecule has 0 fully saturated rings. The quantitative estimate of drug-likeness (QED) is 0.789. The minimum Gasteiger partial charge on any atom is -0.493 e. The zero-order valence-electron chi connectivity index (χ0n) is 9.40. The first-order chi connectivity index (χ1) is 7.80. The first kappa shape index (κ1) is 10.5. The highest BCUT2D eigenvalue weighted by molar-refractivity contribution is 5.86. The molecule has 0 saturated heterocycles. The maximum Gasteiger partial charge on any atom is 0.131 e. The van der Waals surface area contributed by atoms with E-state index < -0.39 is 0 Å². The van der Waals surface area contributed by atoms with Crippen LogP contribution in [0.3, 0.4) is 0 Å². The van der Waals surface area contributed by atoms with Crippen LogP contribution in [0, 0.1) is 11.3 Å². The summed E-state index contributed by atoms with van der Waals surface area (Å²) in [5, 5.41) is 14.2. The fourth-order valence-electron chi connectivity index (χ4n) is 1.74. The van der Waals surface area contributed by atoms with Gasteiger partial charge in [-0.3, -0.25) is 4.68 Å². The van der Waals surface area contributed by atoms with Crippen LogP contribution >= 0.6 is 0 Å². The molecular weight excluding hydrogens is 202 g/mol. The molecule has 1 aromatic carbocycles. The molecule has 0 saturated carbocycles. The summed E-state index contributed by atoms with van der Waals surface area (Å²) in [7, 11) is 0. The van der Waals surface area contributed by atoms with Gasteiger partial charge in [0.2, 0.25) is 0 Å². The van der Waals surface area contributed by atoms with Crippen LogP contribution < -0.4 is 4.74 Å². The summed E-state index contributed by atoms with van der Waals surface area (Å²) in [5.74, 6) is 0.733. The van der Waals surface area contributed by atoms with Crippen LogP contribution in [0.4, 0.5) is 0 Å². The normalized spacial score (nSPS) is 10.3. The Labute approximate surface area is 94.1 Å². The number of hydrogen-bond donors (Lipinski definition) is 0. The van der Waals surface area contributed by atoms with Crippen molar-refractivity contribution in [3.63, 3.8) is 0 Å². The zero-order chi connectivity index (χ0) is 11.5. The van der Waals surface area contributed by atoms with Crippen LogP contribution in [0.25, 0.3) is 10.9 Å². The number of aromatic nitrogens is 2. The summed E-state index contributed by atoms with van der Waals surface area (Å²) in [5.41, 5.74) is 1.55. The molecule has 0 spiro atoms. The Morgan fingerprint density at radius 1 is 1.44 bits per heavy atom. The highest BCUT2D eigenvalue weighted by Crippen LogP contribution is 2.27. The van der Waals surface area contributed by atoms with Crippen LogP contribution in [0.15, 0.2) is 18.3 Å². The van der Waals surface area contributed by atoms with E-state index in [4.69, 9.17) is 10.00 Å². The van der Waals surface area contributed by atoms with Crippen LogP contribution in [0.2, 0.25) is 0 Å². The average Bonchev–Trinajstić information content (AvgIpc) is 2.72. The summed E-state index contributed by atoms with van der Waals surface area (Å²) in [6.45, 7) is 5.31. The topological polar surface area (TPSA) is 50.8 Å². The lowest BCUT2D eigenvalue weighted by atomic mass is 10.1. The van der Waals surface area contributed by atoms with Gasteiger partial charge in [0.15, 0.2) is 0 Å². The Morgan fingerprint density at radius 2 is 2.25 bits per heavy atom. The van der Waals surface area contributed by atoms with E-state index in [1.54, 1.807) is 12.3 Å². The molecule has 82 valence electrons. The number of nitriles is 1. The number of aryl methyl sites for hydroxylation is 1. The van der Waals surface area contributed by atoms with Crippen molar-refractivity contribution >= 4 is 10.9 Å². The first-order valence-corrected chi connectivity index (χ1v) is 5.32. The second-order valence-electron chi connectivity index (χ2n) is 3.41. The van der Waals surface area contributed by atoms with Gasteiger partial charge in [0.25, 0.3) is 0 Å². The summed E-state index contributed by atoms with van der Waals surface area (Å²) in [6.07, 6.45) is 1.78. The molecule has 2 aromatic rings. The molecule has 0 bridgehead atoms. The third kappa shape index (κ3) is 1.61. The van der Waals surface area contributed by atoms with E-state index in [1.165, 1.54) is 0 Å². The maximum absolute atomic E-state index is 8.96. The van der Waals surface area contributed by atoms with Crippen LogP contribution in [-0.4, -0.2) is 16.4 Å². The second-order valence-corrected chi connectivity index (χ2v) is 3.41. The van der Waals surface area contributed by atoms with Crippen molar-refractivity contribution in [2.45, 2.75) is 20.4 Å². The lowest BCUT2D eigenvalue weighted by Gasteiger charge is -2.05. The summed E-state index contributed by atoms with van der Waals surface area (Å²) >= 11 is 0. The van der Waals surface area contributed by atoms with Gasteiger partial charge >= 0.3 is 0 Å².